The minimum atomic E-state index is -0.215. The summed E-state index contributed by atoms with van der Waals surface area (Å²) in [5, 5.41) is 0. The van der Waals surface area contributed by atoms with Crippen LogP contribution in [-0.2, 0) is 4.74 Å². The van der Waals surface area contributed by atoms with E-state index in [9.17, 15) is 0 Å². The molecule has 0 aromatic heterocycles. The van der Waals surface area contributed by atoms with Crippen molar-refractivity contribution >= 4 is 0 Å². The lowest BCUT2D eigenvalue weighted by molar-refractivity contribution is -0.0243. The summed E-state index contributed by atoms with van der Waals surface area (Å²) in [5.74, 6) is 0. The topological polar surface area (TPSA) is 9.23 Å². The molecule has 0 aromatic rings. The Balaban J connectivity index is 1.98. The standard InChI is InChI=1S/C9H16O/c1-2-5-9(6-3-1)7-4-8-10-9/h1-8H2/i8D. The van der Waals surface area contributed by atoms with Crippen LogP contribution >= 0.6 is 0 Å². The van der Waals surface area contributed by atoms with Crippen molar-refractivity contribution in [2.45, 2.75) is 50.5 Å². The monoisotopic (exact) mass is 141 g/mol. The van der Waals surface area contributed by atoms with Crippen molar-refractivity contribution < 1.29 is 6.11 Å². The van der Waals surface area contributed by atoms with Crippen LogP contribution in [0.3, 0.4) is 0 Å². The van der Waals surface area contributed by atoms with Crippen LogP contribution in [0, 0.1) is 0 Å². The third-order valence-corrected chi connectivity index (χ3v) is 2.82. The van der Waals surface area contributed by atoms with Crippen LogP contribution in [0.5, 0.6) is 0 Å². The van der Waals surface area contributed by atoms with Crippen molar-refractivity contribution in [3.63, 3.8) is 0 Å². The van der Waals surface area contributed by atoms with E-state index >= 15 is 0 Å². The second-order valence-corrected chi connectivity index (χ2v) is 3.57. The van der Waals surface area contributed by atoms with Gasteiger partial charge in [-0.1, -0.05) is 19.3 Å². The Morgan fingerprint density at radius 3 is 2.30 bits per heavy atom. The van der Waals surface area contributed by atoms with Gasteiger partial charge in [-0.2, -0.15) is 0 Å². The van der Waals surface area contributed by atoms with Gasteiger partial charge in [-0.05, 0) is 25.7 Å². The maximum absolute atomic E-state index is 7.47. The van der Waals surface area contributed by atoms with E-state index in [0.717, 1.165) is 12.8 Å². The Kier molecular flexibility index (Phi) is 1.42. The van der Waals surface area contributed by atoms with Crippen LogP contribution in [0.15, 0.2) is 0 Å². The molecular formula is C9H16O. The zero-order valence-electron chi connectivity index (χ0n) is 7.44. The highest BCUT2D eigenvalue weighted by Crippen LogP contribution is 2.38. The number of hydrogen-bond acceptors (Lipinski definition) is 1. The van der Waals surface area contributed by atoms with Crippen molar-refractivity contribution in [1.82, 2.24) is 0 Å². The summed E-state index contributed by atoms with van der Waals surface area (Å²) in [6.07, 6.45) is 8.51. The van der Waals surface area contributed by atoms with Crippen LogP contribution in [-0.4, -0.2) is 12.2 Å². The summed E-state index contributed by atoms with van der Waals surface area (Å²) in [6.45, 7) is -0.215. The van der Waals surface area contributed by atoms with Gasteiger partial charge in [0.05, 0.1) is 6.97 Å². The lowest BCUT2D eigenvalue weighted by Gasteiger charge is -2.32. The SMILES string of the molecule is [2H]C1CCC2(CCCCC2)O1. The van der Waals surface area contributed by atoms with E-state index < -0.39 is 0 Å². The van der Waals surface area contributed by atoms with Crippen LogP contribution in [0.2, 0.25) is 0 Å². The van der Waals surface area contributed by atoms with Crippen molar-refractivity contribution in [2.75, 3.05) is 6.58 Å². The molecule has 1 spiro atoms. The van der Waals surface area contributed by atoms with Gasteiger partial charge >= 0.3 is 0 Å². The zero-order valence-corrected chi connectivity index (χ0v) is 6.44. The summed E-state index contributed by atoms with van der Waals surface area (Å²) < 4.78 is 13.1. The average Bonchev–Trinajstić information content (AvgIpc) is 2.34. The molecule has 2 fully saturated rings. The van der Waals surface area contributed by atoms with Crippen molar-refractivity contribution in [3.8, 4) is 0 Å². The second kappa shape index (κ2) is 2.54. The predicted octanol–water partition coefficient (Wildman–Crippen LogP) is 2.50. The normalized spacial score (nSPS) is 40.0. The third kappa shape index (κ3) is 1.07. The van der Waals surface area contributed by atoms with E-state index in [1.807, 2.05) is 0 Å². The summed E-state index contributed by atoms with van der Waals surface area (Å²) in [5.41, 5.74) is 0.157. The van der Waals surface area contributed by atoms with E-state index in [0.29, 0.717) is 0 Å². The summed E-state index contributed by atoms with van der Waals surface area (Å²) in [7, 11) is 0. The lowest BCUT2D eigenvalue weighted by atomic mass is 9.83. The van der Waals surface area contributed by atoms with Gasteiger partial charge in [0.1, 0.15) is 0 Å². The highest BCUT2D eigenvalue weighted by Gasteiger charge is 2.35. The van der Waals surface area contributed by atoms with Gasteiger partial charge in [-0.25, -0.2) is 0 Å². The van der Waals surface area contributed by atoms with Gasteiger partial charge < -0.3 is 4.74 Å². The van der Waals surface area contributed by atoms with Crippen LogP contribution in [0.25, 0.3) is 0 Å². The molecule has 1 nitrogen and oxygen atoms in total. The highest BCUT2D eigenvalue weighted by atomic mass is 16.5. The van der Waals surface area contributed by atoms with E-state index in [4.69, 9.17) is 6.11 Å². The summed E-state index contributed by atoms with van der Waals surface area (Å²) in [4.78, 5) is 0. The van der Waals surface area contributed by atoms with Crippen LogP contribution in [0.4, 0.5) is 0 Å². The Labute approximate surface area is 64.2 Å². The molecule has 2 rings (SSSR count). The minimum absolute atomic E-state index is 0.157. The molecule has 10 heavy (non-hydrogen) atoms. The molecule has 2 aliphatic rings. The maximum atomic E-state index is 7.47. The molecule has 0 radical (unpaired) electrons. The molecule has 0 amide bonds. The fourth-order valence-corrected chi connectivity index (χ4v) is 2.18. The quantitative estimate of drug-likeness (QED) is 0.503. The first-order chi connectivity index (χ1) is 5.31. The average molecular weight is 141 g/mol. The zero-order chi connectivity index (χ0) is 7.73. The number of ether oxygens (including phenoxy) is 1. The van der Waals surface area contributed by atoms with Gasteiger partial charge in [0.2, 0.25) is 0 Å². The third-order valence-electron chi connectivity index (χ3n) is 2.82. The first-order valence-electron chi connectivity index (χ1n) is 4.99. The molecular weight excluding hydrogens is 124 g/mol. The number of hydrogen-bond donors (Lipinski definition) is 0. The molecule has 1 saturated heterocycles. The van der Waals surface area contributed by atoms with E-state index in [1.54, 1.807) is 0 Å². The van der Waals surface area contributed by atoms with Crippen LogP contribution in [0.1, 0.15) is 46.3 Å². The predicted molar refractivity (Wildman–Crippen MR) is 41.0 cm³/mol. The van der Waals surface area contributed by atoms with Crippen LogP contribution < -0.4 is 0 Å². The van der Waals surface area contributed by atoms with Gasteiger partial charge in [0.25, 0.3) is 0 Å². The Bertz CT molecular complexity index is 135. The van der Waals surface area contributed by atoms with Gasteiger partial charge in [-0.3, -0.25) is 0 Å². The van der Waals surface area contributed by atoms with Gasteiger partial charge in [-0.15, -0.1) is 0 Å². The first-order valence-corrected chi connectivity index (χ1v) is 4.41. The molecule has 1 unspecified atom stereocenters. The lowest BCUT2D eigenvalue weighted by Crippen LogP contribution is -2.29. The molecule has 0 bridgehead atoms. The fourth-order valence-electron chi connectivity index (χ4n) is 2.18. The van der Waals surface area contributed by atoms with E-state index in [-0.39, 0.29) is 12.2 Å². The maximum Gasteiger partial charge on any atom is 0.0683 e. The molecule has 58 valence electrons. The molecule has 0 aromatic carbocycles. The van der Waals surface area contributed by atoms with Crippen molar-refractivity contribution in [1.29, 1.82) is 0 Å². The molecule has 1 saturated carbocycles. The van der Waals surface area contributed by atoms with Gasteiger partial charge in [0, 0.05) is 6.58 Å². The van der Waals surface area contributed by atoms with E-state index in [2.05, 4.69) is 0 Å². The largest absolute Gasteiger partial charge is 0.375 e. The molecule has 1 heterocycles. The Hall–Kier alpha value is -0.0400. The highest BCUT2D eigenvalue weighted by molar-refractivity contribution is 4.87. The molecule has 1 aliphatic heterocycles. The second-order valence-electron chi connectivity index (χ2n) is 3.57. The minimum Gasteiger partial charge on any atom is -0.375 e. The summed E-state index contributed by atoms with van der Waals surface area (Å²) >= 11 is 0. The molecule has 1 aliphatic carbocycles. The van der Waals surface area contributed by atoms with Crippen molar-refractivity contribution in [3.05, 3.63) is 0 Å². The smallest absolute Gasteiger partial charge is 0.0683 e. The molecule has 1 atom stereocenters. The first kappa shape index (κ1) is 5.59. The Morgan fingerprint density at radius 2 is 1.70 bits per heavy atom. The fraction of sp³-hybridized carbons (Fsp3) is 1.00. The number of rotatable bonds is 0. The molecule has 0 N–H and O–H groups in total. The molecule has 1 heteroatoms. The summed E-state index contributed by atoms with van der Waals surface area (Å²) in [6, 6.07) is 0. The van der Waals surface area contributed by atoms with Gasteiger partial charge in [0.15, 0.2) is 0 Å². The van der Waals surface area contributed by atoms with Crippen molar-refractivity contribution in [2.24, 2.45) is 0 Å². The van der Waals surface area contributed by atoms with E-state index in [1.165, 1.54) is 32.1 Å². The Morgan fingerprint density at radius 1 is 1.00 bits per heavy atom.